The molecule has 27 heavy (non-hydrogen) atoms. The quantitative estimate of drug-likeness (QED) is 0.655. The maximum atomic E-state index is 12.4. The minimum Gasteiger partial charge on any atom is -0.355 e. The molecule has 1 aliphatic rings. The number of thioether (sulfide) groups is 1. The molecule has 5 heteroatoms. The van der Waals surface area contributed by atoms with E-state index in [4.69, 9.17) is 11.6 Å². The van der Waals surface area contributed by atoms with Crippen LogP contribution >= 0.6 is 23.4 Å². The Balaban J connectivity index is 1.29. The maximum Gasteiger partial charge on any atom is 0.223 e. The molecule has 0 bridgehead atoms. The Morgan fingerprint density at radius 3 is 2.56 bits per heavy atom. The lowest BCUT2D eigenvalue weighted by atomic mass is 9.95. The fraction of sp³-hybridized carbons (Fsp3) is 0.409. The van der Waals surface area contributed by atoms with Gasteiger partial charge in [-0.05, 0) is 49.2 Å². The summed E-state index contributed by atoms with van der Waals surface area (Å²) in [6, 6.07) is 18.5. The molecule has 1 fully saturated rings. The fourth-order valence-corrected chi connectivity index (χ4v) is 4.42. The molecule has 0 spiro atoms. The molecule has 1 saturated heterocycles. The molecule has 1 amide bonds. The van der Waals surface area contributed by atoms with Gasteiger partial charge in [-0.25, -0.2) is 0 Å². The van der Waals surface area contributed by atoms with Gasteiger partial charge in [-0.3, -0.25) is 9.69 Å². The minimum atomic E-state index is 0.162. The molecule has 1 N–H and O–H groups in total. The van der Waals surface area contributed by atoms with Gasteiger partial charge < -0.3 is 5.32 Å². The van der Waals surface area contributed by atoms with E-state index in [1.807, 2.05) is 36.0 Å². The average Bonchev–Trinajstić information content (AvgIpc) is 2.69. The number of hydrogen-bond donors (Lipinski definition) is 1. The SMILES string of the molecule is O=C(NCCSCc1cccc(Cl)c1)C1CCN(Cc2ccccc2)CC1. The van der Waals surface area contributed by atoms with Crippen molar-refractivity contribution in [1.82, 2.24) is 10.2 Å². The Bertz CT molecular complexity index is 717. The first-order chi connectivity index (χ1) is 13.2. The molecule has 0 unspecified atom stereocenters. The highest BCUT2D eigenvalue weighted by atomic mass is 35.5. The van der Waals surface area contributed by atoms with Crippen LogP contribution in [0.1, 0.15) is 24.0 Å². The lowest BCUT2D eigenvalue weighted by molar-refractivity contribution is -0.126. The normalized spacial score (nSPS) is 15.6. The van der Waals surface area contributed by atoms with E-state index in [1.54, 1.807) is 0 Å². The van der Waals surface area contributed by atoms with Crippen molar-refractivity contribution in [3.05, 3.63) is 70.7 Å². The van der Waals surface area contributed by atoms with E-state index in [-0.39, 0.29) is 11.8 Å². The largest absolute Gasteiger partial charge is 0.355 e. The van der Waals surface area contributed by atoms with E-state index >= 15 is 0 Å². The van der Waals surface area contributed by atoms with Crippen molar-refractivity contribution in [3.8, 4) is 0 Å². The van der Waals surface area contributed by atoms with Gasteiger partial charge in [0.2, 0.25) is 5.91 Å². The van der Waals surface area contributed by atoms with Gasteiger partial charge >= 0.3 is 0 Å². The number of carbonyl (C=O) groups excluding carboxylic acids is 1. The van der Waals surface area contributed by atoms with Crippen molar-refractivity contribution in [2.24, 2.45) is 5.92 Å². The molecule has 0 radical (unpaired) electrons. The van der Waals surface area contributed by atoms with Crippen LogP contribution in [0, 0.1) is 5.92 Å². The summed E-state index contributed by atoms with van der Waals surface area (Å²) < 4.78 is 0. The number of halogens is 1. The van der Waals surface area contributed by atoms with Gasteiger partial charge in [0.05, 0.1) is 0 Å². The van der Waals surface area contributed by atoms with E-state index in [9.17, 15) is 4.79 Å². The number of nitrogens with one attached hydrogen (secondary N) is 1. The van der Waals surface area contributed by atoms with E-state index in [0.717, 1.165) is 55.5 Å². The van der Waals surface area contributed by atoms with Crippen LogP contribution in [0.5, 0.6) is 0 Å². The van der Waals surface area contributed by atoms with Crippen molar-refractivity contribution < 1.29 is 4.79 Å². The Morgan fingerprint density at radius 2 is 1.81 bits per heavy atom. The fourth-order valence-electron chi connectivity index (χ4n) is 3.40. The Morgan fingerprint density at radius 1 is 1.07 bits per heavy atom. The second-order valence-corrected chi connectivity index (χ2v) is 8.55. The van der Waals surface area contributed by atoms with Crippen LogP contribution in [0.2, 0.25) is 5.02 Å². The maximum absolute atomic E-state index is 12.4. The second-order valence-electron chi connectivity index (χ2n) is 7.01. The van der Waals surface area contributed by atoms with Gasteiger partial charge in [0.15, 0.2) is 0 Å². The van der Waals surface area contributed by atoms with Crippen LogP contribution in [-0.4, -0.2) is 36.2 Å². The van der Waals surface area contributed by atoms with Crippen molar-refractivity contribution >= 4 is 29.3 Å². The molecular formula is C22H27ClN2OS. The minimum absolute atomic E-state index is 0.162. The Kier molecular flexibility index (Phi) is 8.06. The molecule has 144 valence electrons. The highest BCUT2D eigenvalue weighted by Crippen LogP contribution is 2.20. The van der Waals surface area contributed by atoms with Crippen molar-refractivity contribution in [2.75, 3.05) is 25.4 Å². The summed E-state index contributed by atoms with van der Waals surface area (Å²) in [5.74, 6) is 2.23. The summed E-state index contributed by atoms with van der Waals surface area (Å²) in [4.78, 5) is 14.8. The van der Waals surface area contributed by atoms with Crippen LogP contribution in [0.15, 0.2) is 54.6 Å². The number of likely N-dealkylation sites (tertiary alicyclic amines) is 1. The predicted octanol–water partition coefficient (Wildman–Crippen LogP) is 4.60. The van der Waals surface area contributed by atoms with Crippen molar-refractivity contribution in [3.63, 3.8) is 0 Å². The summed E-state index contributed by atoms with van der Waals surface area (Å²) in [7, 11) is 0. The summed E-state index contributed by atoms with van der Waals surface area (Å²) in [5.41, 5.74) is 2.57. The number of rotatable bonds is 8. The van der Waals surface area contributed by atoms with Crippen LogP contribution < -0.4 is 5.32 Å². The second kappa shape index (κ2) is 10.7. The Labute approximate surface area is 171 Å². The van der Waals surface area contributed by atoms with E-state index < -0.39 is 0 Å². The Hall–Kier alpha value is -1.49. The van der Waals surface area contributed by atoms with Crippen LogP contribution in [0.25, 0.3) is 0 Å². The molecule has 2 aromatic carbocycles. The summed E-state index contributed by atoms with van der Waals surface area (Å²) in [6.45, 7) is 3.70. The molecule has 2 aromatic rings. The number of piperidine rings is 1. The van der Waals surface area contributed by atoms with Crippen LogP contribution in [-0.2, 0) is 17.1 Å². The van der Waals surface area contributed by atoms with Gasteiger partial charge in [-0.2, -0.15) is 11.8 Å². The first-order valence-corrected chi connectivity index (χ1v) is 11.1. The molecule has 1 heterocycles. The third-order valence-corrected chi connectivity index (χ3v) is 6.18. The number of nitrogens with zero attached hydrogens (tertiary/aromatic N) is 1. The lowest BCUT2D eigenvalue weighted by Crippen LogP contribution is -2.40. The summed E-state index contributed by atoms with van der Waals surface area (Å²) >= 11 is 7.82. The molecule has 0 aromatic heterocycles. The highest BCUT2D eigenvalue weighted by molar-refractivity contribution is 7.98. The summed E-state index contributed by atoms with van der Waals surface area (Å²) in [6.07, 6.45) is 1.91. The van der Waals surface area contributed by atoms with Gasteiger partial charge in [-0.15, -0.1) is 0 Å². The van der Waals surface area contributed by atoms with Crippen LogP contribution in [0.4, 0.5) is 0 Å². The van der Waals surface area contributed by atoms with Crippen molar-refractivity contribution in [1.29, 1.82) is 0 Å². The monoisotopic (exact) mass is 402 g/mol. The average molecular weight is 403 g/mol. The van der Waals surface area contributed by atoms with E-state index in [1.165, 1.54) is 11.1 Å². The highest BCUT2D eigenvalue weighted by Gasteiger charge is 2.24. The molecule has 3 rings (SSSR count). The van der Waals surface area contributed by atoms with E-state index in [2.05, 4.69) is 40.5 Å². The molecule has 0 aliphatic carbocycles. The topological polar surface area (TPSA) is 32.3 Å². The summed E-state index contributed by atoms with van der Waals surface area (Å²) in [5, 5.41) is 3.89. The standard InChI is InChI=1S/C22H27ClN2OS/c23-21-8-4-7-19(15-21)17-27-14-11-24-22(26)20-9-12-25(13-10-20)16-18-5-2-1-3-6-18/h1-8,15,20H,9-14,16-17H2,(H,24,26). The lowest BCUT2D eigenvalue weighted by Gasteiger charge is -2.31. The molecule has 0 saturated carbocycles. The molecule has 3 nitrogen and oxygen atoms in total. The van der Waals surface area contributed by atoms with Gasteiger partial charge in [0.1, 0.15) is 0 Å². The molecule has 0 atom stereocenters. The third kappa shape index (κ3) is 6.87. The number of amides is 1. The number of hydrogen-bond acceptors (Lipinski definition) is 3. The number of benzene rings is 2. The zero-order valence-corrected chi connectivity index (χ0v) is 17.1. The van der Waals surface area contributed by atoms with Gasteiger partial charge in [0, 0.05) is 35.5 Å². The van der Waals surface area contributed by atoms with Gasteiger partial charge in [-0.1, -0.05) is 54.1 Å². The van der Waals surface area contributed by atoms with Crippen molar-refractivity contribution in [2.45, 2.75) is 25.1 Å². The van der Waals surface area contributed by atoms with Gasteiger partial charge in [0.25, 0.3) is 0 Å². The zero-order chi connectivity index (χ0) is 18.9. The zero-order valence-electron chi connectivity index (χ0n) is 15.6. The smallest absolute Gasteiger partial charge is 0.223 e. The molecule has 1 aliphatic heterocycles. The number of carbonyl (C=O) groups is 1. The first-order valence-electron chi connectivity index (χ1n) is 9.57. The first kappa shape index (κ1) is 20.2. The third-order valence-electron chi connectivity index (χ3n) is 4.91. The predicted molar refractivity (Wildman–Crippen MR) is 115 cm³/mol. The van der Waals surface area contributed by atoms with E-state index in [0.29, 0.717) is 0 Å². The molecular weight excluding hydrogens is 376 g/mol. The van der Waals surface area contributed by atoms with Crippen LogP contribution in [0.3, 0.4) is 0 Å².